The molecule has 0 aliphatic rings. The SMILES string of the molecule is CCNCc1cccc(Cc2nc3ccccc3s2)c1. The van der Waals surface area contributed by atoms with Gasteiger partial charge in [-0.25, -0.2) is 4.98 Å². The summed E-state index contributed by atoms with van der Waals surface area (Å²) in [5.41, 5.74) is 3.78. The lowest BCUT2D eigenvalue weighted by Crippen LogP contribution is -2.11. The molecule has 3 rings (SSSR count). The van der Waals surface area contributed by atoms with Crippen LogP contribution in [-0.4, -0.2) is 11.5 Å². The van der Waals surface area contributed by atoms with Gasteiger partial charge in [0, 0.05) is 13.0 Å². The van der Waals surface area contributed by atoms with Crippen molar-refractivity contribution in [2.24, 2.45) is 0 Å². The van der Waals surface area contributed by atoms with Gasteiger partial charge in [0.2, 0.25) is 0 Å². The number of aromatic nitrogens is 1. The van der Waals surface area contributed by atoms with Gasteiger partial charge in [0.1, 0.15) is 0 Å². The quantitative estimate of drug-likeness (QED) is 0.765. The third-order valence-electron chi connectivity index (χ3n) is 3.26. The molecule has 0 atom stereocenters. The molecule has 0 saturated heterocycles. The van der Waals surface area contributed by atoms with Crippen LogP contribution in [0.1, 0.15) is 23.1 Å². The van der Waals surface area contributed by atoms with Crippen LogP contribution in [0.25, 0.3) is 10.2 Å². The second kappa shape index (κ2) is 6.16. The van der Waals surface area contributed by atoms with Crippen LogP contribution < -0.4 is 5.32 Å². The Bertz CT molecular complexity index is 670. The van der Waals surface area contributed by atoms with Crippen molar-refractivity contribution in [3.63, 3.8) is 0 Å². The normalized spacial score (nSPS) is 11.1. The van der Waals surface area contributed by atoms with E-state index in [4.69, 9.17) is 4.98 Å². The molecule has 1 heterocycles. The minimum atomic E-state index is 0.916. The number of para-hydroxylation sites is 1. The van der Waals surface area contributed by atoms with Crippen LogP contribution in [0.15, 0.2) is 48.5 Å². The number of nitrogens with zero attached hydrogens (tertiary/aromatic N) is 1. The van der Waals surface area contributed by atoms with Gasteiger partial charge in [-0.15, -0.1) is 11.3 Å². The average Bonchev–Trinajstić information content (AvgIpc) is 2.87. The molecule has 3 heteroatoms. The van der Waals surface area contributed by atoms with Crippen LogP contribution in [-0.2, 0) is 13.0 Å². The Balaban J connectivity index is 1.79. The van der Waals surface area contributed by atoms with Gasteiger partial charge in [-0.05, 0) is 29.8 Å². The van der Waals surface area contributed by atoms with Gasteiger partial charge < -0.3 is 5.32 Å². The summed E-state index contributed by atoms with van der Waals surface area (Å²) in [4.78, 5) is 4.70. The van der Waals surface area contributed by atoms with E-state index in [0.717, 1.165) is 25.0 Å². The molecule has 0 amide bonds. The van der Waals surface area contributed by atoms with Crippen molar-refractivity contribution in [2.75, 3.05) is 6.54 Å². The summed E-state index contributed by atoms with van der Waals surface area (Å²) in [5, 5.41) is 4.55. The number of hydrogen-bond acceptors (Lipinski definition) is 3. The Morgan fingerprint density at radius 1 is 1.05 bits per heavy atom. The highest BCUT2D eigenvalue weighted by atomic mass is 32.1. The zero-order chi connectivity index (χ0) is 13.8. The van der Waals surface area contributed by atoms with E-state index in [2.05, 4.69) is 54.7 Å². The van der Waals surface area contributed by atoms with Crippen LogP contribution in [0, 0.1) is 0 Å². The van der Waals surface area contributed by atoms with E-state index < -0.39 is 0 Å². The molecule has 0 unspecified atom stereocenters. The van der Waals surface area contributed by atoms with E-state index in [0.29, 0.717) is 0 Å². The van der Waals surface area contributed by atoms with E-state index in [1.165, 1.54) is 20.8 Å². The fourth-order valence-corrected chi connectivity index (χ4v) is 3.29. The summed E-state index contributed by atoms with van der Waals surface area (Å²) in [6.45, 7) is 4.07. The van der Waals surface area contributed by atoms with Crippen LogP contribution in [0.4, 0.5) is 0 Å². The number of fused-ring (bicyclic) bond motifs is 1. The Kier molecular flexibility index (Phi) is 4.09. The van der Waals surface area contributed by atoms with Crippen molar-refractivity contribution in [1.29, 1.82) is 0 Å². The minimum absolute atomic E-state index is 0.916. The highest BCUT2D eigenvalue weighted by Gasteiger charge is 2.04. The predicted molar refractivity (Wildman–Crippen MR) is 86.2 cm³/mol. The van der Waals surface area contributed by atoms with Crippen molar-refractivity contribution in [2.45, 2.75) is 19.9 Å². The Labute approximate surface area is 123 Å². The summed E-state index contributed by atoms with van der Waals surface area (Å²) in [6, 6.07) is 17.1. The van der Waals surface area contributed by atoms with E-state index in [1.807, 2.05) is 6.07 Å². The average molecular weight is 282 g/mol. The van der Waals surface area contributed by atoms with Gasteiger partial charge in [-0.3, -0.25) is 0 Å². The van der Waals surface area contributed by atoms with E-state index in [1.54, 1.807) is 11.3 Å². The monoisotopic (exact) mass is 282 g/mol. The topological polar surface area (TPSA) is 24.9 Å². The molecule has 3 aromatic rings. The standard InChI is InChI=1S/C17H18N2S/c1-2-18-12-14-7-5-6-13(10-14)11-17-19-15-8-3-4-9-16(15)20-17/h3-10,18H,2,11-12H2,1H3. The fraction of sp³-hybridized carbons (Fsp3) is 0.235. The third-order valence-corrected chi connectivity index (χ3v) is 4.30. The molecule has 2 aromatic carbocycles. The first kappa shape index (κ1) is 13.3. The highest BCUT2D eigenvalue weighted by Crippen LogP contribution is 2.23. The Morgan fingerprint density at radius 3 is 2.75 bits per heavy atom. The number of rotatable bonds is 5. The predicted octanol–water partition coefficient (Wildman–Crippen LogP) is 4.00. The first-order valence-corrected chi connectivity index (χ1v) is 7.80. The smallest absolute Gasteiger partial charge is 0.0982 e. The molecule has 102 valence electrons. The molecule has 0 fully saturated rings. The van der Waals surface area contributed by atoms with Crippen LogP contribution >= 0.6 is 11.3 Å². The lowest BCUT2D eigenvalue weighted by Gasteiger charge is -2.04. The fourth-order valence-electron chi connectivity index (χ4n) is 2.29. The third kappa shape index (κ3) is 3.06. The first-order valence-electron chi connectivity index (χ1n) is 6.98. The van der Waals surface area contributed by atoms with Crippen LogP contribution in [0.2, 0.25) is 0 Å². The second-order valence-electron chi connectivity index (χ2n) is 4.85. The highest BCUT2D eigenvalue weighted by molar-refractivity contribution is 7.18. The summed E-state index contributed by atoms with van der Waals surface area (Å²) >= 11 is 1.79. The van der Waals surface area contributed by atoms with Crippen LogP contribution in [0.3, 0.4) is 0 Å². The molecular weight excluding hydrogens is 264 g/mol. The maximum Gasteiger partial charge on any atom is 0.0982 e. The zero-order valence-corrected chi connectivity index (χ0v) is 12.4. The van der Waals surface area contributed by atoms with Gasteiger partial charge in [0.05, 0.1) is 15.2 Å². The molecule has 0 spiro atoms. The molecule has 1 aromatic heterocycles. The van der Waals surface area contributed by atoms with Gasteiger partial charge >= 0.3 is 0 Å². The van der Waals surface area contributed by atoms with Crippen LogP contribution in [0.5, 0.6) is 0 Å². The number of hydrogen-bond donors (Lipinski definition) is 1. The molecule has 0 bridgehead atoms. The van der Waals surface area contributed by atoms with Gasteiger partial charge in [-0.2, -0.15) is 0 Å². The van der Waals surface area contributed by atoms with Crippen molar-refractivity contribution in [3.05, 3.63) is 64.7 Å². The number of benzene rings is 2. The molecule has 0 aliphatic carbocycles. The van der Waals surface area contributed by atoms with Gasteiger partial charge in [0.15, 0.2) is 0 Å². The van der Waals surface area contributed by atoms with Gasteiger partial charge in [0.25, 0.3) is 0 Å². The van der Waals surface area contributed by atoms with E-state index in [9.17, 15) is 0 Å². The molecule has 0 radical (unpaired) electrons. The lowest BCUT2D eigenvalue weighted by atomic mass is 10.1. The largest absolute Gasteiger partial charge is 0.313 e. The molecule has 20 heavy (non-hydrogen) atoms. The maximum atomic E-state index is 4.70. The molecule has 0 aliphatic heterocycles. The first-order chi connectivity index (χ1) is 9.85. The summed E-state index contributed by atoms with van der Waals surface area (Å²) in [7, 11) is 0. The van der Waals surface area contributed by atoms with Gasteiger partial charge in [-0.1, -0.05) is 43.3 Å². The Morgan fingerprint density at radius 2 is 1.90 bits per heavy atom. The van der Waals surface area contributed by atoms with Crippen molar-refractivity contribution in [1.82, 2.24) is 10.3 Å². The molecule has 0 saturated carbocycles. The zero-order valence-electron chi connectivity index (χ0n) is 11.6. The molecular formula is C17H18N2S. The van der Waals surface area contributed by atoms with Crippen molar-refractivity contribution < 1.29 is 0 Å². The summed E-state index contributed by atoms with van der Waals surface area (Å²) in [6.07, 6.45) is 0.916. The minimum Gasteiger partial charge on any atom is -0.313 e. The Hall–Kier alpha value is -1.71. The lowest BCUT2D eigenvalue weighted by molar-refractivity contribution is 0.726. The number of nitrogens with one attached hydrogen (secondary N) is 1. The molecule has 2 nitrogen and oxygen atoms in total. The summed E-state index contributed by atoms with van der Waals surface area (Å²) in [5.74, 6) is 0. The second-order valence-corrected chi connectivity index (χ2v) is 5.97. The van der Waals surface area contributed by atoms with E-state index in [-0.39, 0.29) is 0 Å². The molecule has 1 N–H and O–H groups in total. The van der Waals surface area contributed by atoms with Crippen molar-refractivity contribution in [3.8, 4) is 0 Å². The van der Waals surface area contributed by atoms with E-state index >= 15 is 0 Å². The number of thiazole rings is 1. The maximum absolute atomic E-state index is 4.70. The summed E-state index contributed by atoms with van der Waals surface area (Å²) < 4.78 is 1.27. The van der Waals surface area contributed by atoms with Crippen molar-refractivity contribution >= 4 is 21.6 Å².